The topological polar surface area (TPSA) is 103 Å². The minimum absolute atomic E-state index is 0.108. The van der Waals surface area contributed by atoms with Crippen LogP contribution < -0.4 is 10.9 Å². The Morgan fingerprint density at radius 3 is 2.83 bits per heavy atom. The predicted octanol–water partition coefficient (Wildman–Crippen LogP) is 3.07. The first kappa shape index (κ1) is 18.6. The third-order valence-corrected chi connectivity index (χ3v) is 6.08. The van der Waals surface area contributed by atoms with Gasteiger partial charge in [-0.1, -0.05) is 11.2 Å². The maximum atomic E-state index is 12.8. The van der Waals surface area contributed by atoms with Crippen molar-refractivity contribution in [2.45, 2.75) is 24.8 Å². The van der Waals surface area contributed by atoms with Crippen LogP contribution in [0.5, 0.6) is 0 Å². The Kier molecular flexibility index (Phi) is 4.59. The Bertz CT molecular complexity index is 1220. The number of rotatable bonds is 7. The fourth-order valence-corrected chi connectivity index (χ4v) is 4.04. The van der Waals surface area contributed by atoms with Crippen molar-refractivity contribution in [3.8, 4) is 22.1 Å². The van der Waals surface area contributed by atoms with E-state index in [-0.39, 0.29) is 24.6 Å². The Morgan fingerprint density at radius 1 is 1.20 bits per heavy atom. The normalized spacial score (nSPS) is 14.5. The molecule has 1 aliphatic carbocycles. The molecule has 0 saturated heterocycles. The average Bonchev–Trinajstić information content (AvgIpc) is 3.23. The average molecular weight is 422 g/mol. The molecule has 152 valence electrons. The molecule has 8 nitrogen and oxygen atoms in total. The minimum Gasteiger partial charge on any atom is -0.463 e. The summed E-state index contributed by atoms with van der Waals surface area (Å²) >= 11 is 1.56. The molecule has 4 aromatic heterocycles. The molecule has 0 unspecified atom stereocenters. The summed E-state index contributed by atoms with van der Waals surface area (Å²) in [4.78, 5) is 25.9. The largest absolute Gasteiger partial charge is 0.463 e. The lowest BCUT2D eigenvalue weighted by molar-refractivity contribution is -0.123. The molecule has 1 aliphatic rings. The van der Waals surface area contributed by atoms with Crippen LogP contribution in [0.25, 0.3) is 22.1 Å². The van der Waals surface area contributed by atoms with Gasteiger partial charge in [0.1, 0.15) is 5.69 Å². The van der Waals surface area contributed by atoms with Crippen LogP contribution in [0.4, 0.5) is 0 Å². The smallest absolute Gasteiger partial charge is 0.266 e. The number of nitrogens with zero attached hydrogens (tertiary/aromatic N) is 3. The Hall–Kier alpha value is -3.46. The van der Waals surface area contributed by atoms with Crippen molar-refractivity contribution in [1.29, 1.82) is 0 Å². The van der Waals surface area contributed by atoms with Crippen molar-refractivity contribution in [3.63, 3.8) is 0 Å². The molecule has 0 bridgehead atoms. The van der Waals surface area contributed by atoms with Crippen molar-refractivity contribution in [3.05, 3.63) is 70.2 Å². The lowest BCUT2D eigenvalue weighted by Crippen LogP contribution is -2.38. The number of aromatic nitrogens is 3. The van der Waals surface area contributed by atoms with Gasteiger partial charge in [-0.2, -0.15) is 5.10 Å². The molecule has 1 fully saturated rings. The first-order valence-corrected chi connectivity index (χ1v) is 10.5. The molecular formula is C21H18N4O4S. The summed E-state index contributed by atoms with van der Waals surface area (Å²) in [5, 5.41) is 13.3. The molecule has 0 aliphatic heterocycles. The van der Waals surface area contributed by atoms with Crippen LogP contribution in [0, 0.1) is 0 Å². The lowest BCUT2D eigenvalue weighted by Gasteiger charge is -2.13. The van der Waals surface area contributed by atoms with E-state index in [2.05, 4.69) is 15.6 Å². The van der Waals surface area contributed by atoms with E-state index in [1.165, 1.54) is 10.7 Å². The van der Waals surface area contributed by atoms with Gasteiger partial charge in [0.25, 0.3) is 5.56 Å². The number of carbonyl (C=O) groups excluding carboxylic acids is 1. The molecule has 0 spiro atoms. The zero-order chi connectivity index (χ0) is 20.6. The summed E-state index contributed by atoms with van der Waals surface area (Å²) in [6.45, 7) is 0.541. The summed E-state index contributed by atoms with van der Waals surface area (Å²) in [7, 11) is 0. The second kappa shape index (κ2) is 7.42. The van der Waals surface area contributed by atoms with Gasteiger partial charge >= 0.3 is 0 Å². The molecule has 9 heteroatoms. The van der Waals surface area contributed by atoms with Crippen molar-refractivity contribution < 1.29 is 13.7 Å². The zero-order valence-electron chi connectivity index (χ0n) is 15.9. The zero-order valence-corrected chi connectivity index (χ0v) is 16.7. The quantitative estimate of drug-likeness (QED) is 0.491. The fraction of sp³-hybridized carbons (Fsp3) is 0.238. The van der Waals surface area contributed by atoms with Crippen LogP contribution in [-0.2, 0) is 16.8 Å². The van der Waals surface area contributed by atoms with E-state index in [0.717, 1.165) is 17.7 Å². The van der Waals surface area contributed by atoms with Crippen LogP contribution in [0.15, 0.2) is 67.8 Å². The summed E-state index contributed by atoms with van der Waals surface area (Å²) < 4.78 is 12.1. The van der Waals surface area contributed by atoms with Gasteiger partial charge in [0.15, 0.2) is 11.5 Å². The van der Waals surface area contributed by atoms with E-state index in [1.54, 1.807) is 35.8 Å². The van der Waals surface area contributed by atoms with Crippen LogP contribution >= 0.6 is 11.3 Å². The predicted molar refractivity (Wildman–Crippen MR) is 110 cm³/mol. The fourth-order valence-electron chi connectivity index (χ4n) is 3.37. The maximum Gasteiger partial charge on any atom is 0.266 e. The van der Waals surface area contributed by atoms with E-state index in [9.17, 15) is 9.59 Å². The Balaban J connectivity index is 1.25. The monoisotopic (exact) mass is 422 g/mol. The standard InChI is InChI=1S/C21H18N4O4S/c26-19-6-5-14(15-3-1-11-28-15)23-25(19)10-9-22-20(27)21(7-8-21)18-13-16(29-24-18)17-4-2-12-30-17/h1-6,11-13H,7-10H2,(H,22,27). The van der Waals surface area contributed by atoms with Crippen molar-refractivity contribution >= 4 is 17.2 Å². The number of carbonyl (C=O) groups is 1. The molecule has 0 radical (unpaired) electrons. The van der Waals surface area contributed by atoms with Crippen LogP contribution in [0.2, 0.25) is 0 Å². The maximum absolute atomic E-state index is 12.8. The molecule has 0 aromatic carbocycles. The molecular weight excluding hydrogens is 404 g/mol. The van der Waals surface area contributed by atoms with Gasteiger partial charge in [0, 0.05) is 18.7 Å². The molecule has 1 amide bonds. The van der Waals surface area contributed by atoms with Crippen molar-refractivity contribution in [2.24, 2.45) is 0 Å². The summed E-state index contributed by atoms with van der Waals surface area (Å²) in [6.07, 6.45) is 3.00. The van der Waals surface area contributed by atoms with Crippen LogP contribution in [0.3, 0.4) is 0 Å². The van der Waals surface area contributed by atoms with Gasteiger partial charge in [0.2, 0.25) is 5.91 Å². The first-order valence-electron chi connectivity index (χ1n) is 9.57. The van der Waals surface area contributed by atoms with E-state index in [0.29, 0.717) is 22.9 Å². The number of hydrogen-bond donors (Lipinski definition) is 1. The third-order valence-electron chi connectivity index (χ3n) is 5.20. The van der Waals surface area contributed by atoms with Crippen LogP contribution in [-0.4, -0.2) is 27.4 Å². The van der Waals surface area contributed by atoms with Gasteiger partial charge in [-0.25, -0.2) is 4.68 Å². The summed E-state index contributed by atoms with van der Waals surface area (Å²) in [5.74, 6) is 1.14. The lowest BCUT2D eigenvalue weighted by atomic mass is 10.0. The van der Waals surface area contributed by atoms with E-state index >= 15 is 0 Å². The van der Waals surface area contributed by atoms with E-state index < -0.39 is 5.41 Å². The van der Waals surface area contributed by atoms with Crippen LogP contribution in [0.1, 0.15) is 18.5 Å². The van der Waals surface area contributed by atoms with E-state index in [1.807, 2.05) is 23.6 Å². The van der Waals surface area contributed by atoms with Gasteiger partial charge in [-0.05, 0) is 42.5 Å². The molecule has 5 rings (SSSR count). The van der Waals surface area contributed by atoms with E-state index in [4.69, 9.17) is 8.94 Å². The minimum atomic E-state index is -0.645. The Labute approximate surface area is 175 Å². The molecule has 4 heterocycles. The number of thiophene rings is 1. The molecule has 4 aromatic rings. The molecule has 0 atom stereocenters. The van der Waals surface area contributed by atoms with Crippen molar-refractivity contribution in [1.82, 2.24) is 20.3 Å². The molecule has 1 saturated carbocycles. The molecule has 1 N–H and O–H groups in total. The number of hydrogen-bond acceptors (Lipinski definition) is 7. The highest BCUT2D eigenvalue weighted by Crippen LogP contribution is 2.48. The number of nitrogens with one attached hydrogen (secondary N) is 1. The number of furan rings is 1. The number of amides is 1. The summed E-state index contributed by atoms with van der Waals surface area (Å²) in [5.41, 5.74) is 0.331. The highest BCUT2D eigenvalue weighted by molar-refractivity contribution is 7.13. The van der Waals surface area contributed by atoms with Crippen molar-refractivity contribution in [2.75, 3.05) is 6.54 Å². The highest BCUT2D eigenvalue weighted by Gasteiger charge is 2.53. The Morgan fingerprint density at radius 2 is 2.10 bits per heavy atom. The second-order valence-electron chi connectivity index (χ2n) is 7.15. The summed E-state index contributed by atoms with van der Waals surface area (Å²) in [6, 6.07) is 12.3. The SMILES string of the molecule is O=C(NCCn1nc(-c2ccco2)ccc1=O)C1(c2cc(-c3cccs3)on2)CC1. The van der Waals surface area contributed by atoms with Gasteiger partial charge in [0.05, 0.1) is 28.8 Å². The van der Waals surface area contributed by atoms with Gasteiger partial charge in [-0.15, -0.1) is 11.3 Å². The first-order chi connectivity index (χ1) is 14.7. The second-order valence-corrected chi connectivity index (χ2v) is 8.10. The molecule has 30 heavy (non-hydrogen) atoms. The van der Waals surface area contributed by atoms with Gasteiger partial charge < -0.3 is 14.3 Å². The van der Waals surface area contributed by atoms with Gasteiger partial charge in [-0.3, -0.25) is 9.59 Å². The third kappa shape index (κ3) is 3.37. The highest BCUT2D eigenvalue weighted by atomic mass is 32.1.